The van der Waals surface area contributed by atoms with Crippen molar-refractivity contribution in [1.82, 2.24) is 0 Å². The number of hydrogen-bond acceptors (Lipinski definition) is 4. The summed E-state index contributed by atoms with van der Waals surface area (Å²) in [5, 5.41) is 0. The van der Waals surface area contributed by atoms with Gasteiger partial charge in [-0.25, -0.2) is 9.59 Å². The lowest BCUT2D eigenvalue weighted by molar-refractivity contribution is 0.0592. The first-order valence-electron chi connectivity index (χ1n) is 8.10. The Morgan fingerprint density at radius 1 is 0.500 bits per heavy atom. The number of carbonyl (C=O) groups excluding carboxylic acids is 2. The molecular weight excluding hydrogens is 328 g/mol. The Balaban J connectivity index is 1.80. The Morgan fingerprint density at radius 3 is 0.962 bits per heavy atom. The normalized spacial score (nSPS) is 10.2. The van der Waals surface area contributed by atoms with E-state index in [9.17, 15) is 9.59 Å². The molecule has 0 saturated carbocycles. The van der Waals surface area contributed by atoms with E-state index >= 15 is 0 Å². The molecule has 0 bridgehead atoms. The van der Waals surface area contributed by atoms with Crippen LogP contribution in [-0.4, -0.2) is 26.2 Å². The van der Waals surface area contributed by atoms with Crippen LogP contribution in [-0.2, 0) is 9.47 Å². The van der Waals surface area contributed by atoms with Crippen LogP contribution < -0.4 is 0 Å². The first kappa shape index (κ1) is 17.4. The molecule has 3 aromatic rings. The highest BCUT2D eigenvalue weighted by molar-refractivity contribution is 5.90. The summed E-state index contributed by atoms with van der Waals surface area (Å²) in [4.78, 5) is 23.0. The van der Waals surface area contributed by atoms with Crippen molar-refractivity contribution in [3.05, 3.63) is 83.9 Å². The van der Waals surface area contributed by atoms with Gasteiger partial charge in [-0.2, -0.15) is 0 Å². The third-order valence-corrected chi connectivity index (χ3v) is 4.16. The summed E-state index contributed by atoms with van der Waals surface area (Å²) in [7, 11) is 2.74. The highest BCUT2D eigenvalue weighted by Gasteiger charge is 2.07. The van der Waals surface area contributed by atoms with Gasteiger partial charge in [0, 0.05) is 0 Å². The Kier molecular flexibility index (Phi) is 5.13. The Labute approximate surface area is 152 Å². The van der Waals surface area contributed by atoms with Gasteiger partial charge in [0.05, 0.1) is 25.3 Å². The summed E-state index contributed by atoms with van der Waals surface area (Å²) in [5.74, 6) is -0.690. The zero-order valence-electron chi connectivity index (χ0n) is 14.6. The van der Waals surface area contributed by atoms with E-state index in [4.69, 9.17) is 9.47 Å². The molecule has 0 aliphatic rings. The molecule has 4 nitrogen and oxygen atoms in total. The molecule has 0 unspecified atom stereocenters. The maximum Gasteiger partial charge on any atom is 0.337 e. The number of hydrogen-bond donors (Lipinski definition) is 0. The number of ether oxygens (including phenoxy) is 2. The average Bonchev–Trinajstić information content (AvgIpc) is 2.73. The second-order valence-corrected chi connectivity index (χ2v) is 5.72. The van der Waals surface area contributed by atoms with Crippen molar-refractivity contribution in [2.45, 2.75) is 0 Å². The van der Waals surface area contributed by atoms with Crippen molar-refractivity contribution in [1.29, 1.82) is 0 Å². The van der Waals surface area contributed by atoms with Crippen molar-refractivity contribution < 1.29 is 19.1 Å². The Bertz CT molecular complexity index is 829. The van der Waals surface area contributed by atoms with Crippen LogP contribution in [0.15, 0.2) is 72.8 Å². The molecular formula is C22H18O4. The molecule has 0 aliphatic heterocycles. The van der Waals surface area contributed by atoms with Crippen LogP contribution in [0.1, 0.15) is 20.7 Å². The van der Waals surface area contributed by atoms with Crippen molar-refractivity contribution in [3.63, 3.8) is 0 Å². The van der Waals surface area contributed by atoms with Gasteiger partial charge in [0.1, 0.15) is 0 Å². The van der Waals surface area contributed by atoms with E-state index < -0.39 is 0 Å². The average molecular weight is 346 g/mol. The minimum atomic E-state index is -0.345. The van der Waals surface area contributed by atoms with Gasteiger partial charge in [-0.05, 0) is 46.5 Å². The van der Waals surface area contributed by atoms with Gasteiger partial charge in [0.15, 0.2) is 0 Å². The van der Waals surface area contributed by atoms with Crippen LogP contribution in [0.25, 0.3) is 22.3 Å². The molecule has 0 spiro atoms. The molecule has 0 fully saturated rings. The Morgan fingerprint density at radius 2 is 0.731 bits per heavy atom. The number of methoxy groups -OCH3 is 2. The first-order valence-corrected chi connectivity index (χ1v) is 8.10. The molecule has 0 aliphatic carbocycles. The monoisotopic (exact) mass is 346 g/mol. The van der Waals surface area contributed by atoms with E-state index in [-0.39, 0.29) is 11.9 Å². The van der Waals surface area contributed by atoms with Gasteiger partial charge in [-0.3, -0.25) is 0 Å². The van der Waals surface area contributed by atoms with Crippen LogP contribution in [0.4, 0.5) is 0 Å². The Hall–Kier alpha value is -3.40. The lowest BCUT2D eigenvalue weighted by atomic mass is 9.99. The summed E-state index contributed by atoms with van der Waals surface area (Å²) in [6.07, 6.45) is 0. The van der Waals surface area contributed by atoms with Gasteiger partial charge < -0.3 is 9.47 Å². The molecule has 0 radical (unpaired) electrons. The van der Waals surface area contributed by atoms with Gasteiger partial charge in [-0.1, -0.05) is 48.5 Å². The van der Waals surface area contributed by atoms with E-state index in [2.05, 4.69) is 0 Å². The fraction of sp³-hybridized carbons (Fsp3) is 0.0909. The largest absolute Gasteiger partial charge is 0.465 e. The minimum Gasteiger partial charge on any atom is -0.465 e. The summed E-state index contributed by atoms with van der Waals surface area (Å²) in [5.41, 5.74) is 5.19. The van der Waals surface area contributed by atoms with Crippen LogP contribution in [0.2, 0.25) is 0 Å². The van der Waals surface area contributed by atoms with E-state index in [0.29, 0.717) is 11.1 Å². The van der Waals surface area contributed by atoms with Crippen molar-refractivity contribution in [2.24, 2.45) is 0 Å². The third kappa shape index (κ3) is 3.64. The van der Waals surface area contributed by atoms with Gasteiger partial charge in [-0.15, -0.1) is 0 Å². The van der Waals surface area contributed by atoms with Crippen LogP contribution in [0, 0.1) is 0 Å². The first-order chi connectivity index (χ1) is 12.6. The van der Waals surface area contributed by atoms with Gasteiger partial charge >= 0.3 is 11.9 Å². The van der Waals surface area contributed by atoms with Crippen LogP contribution in [0.5, 0.6) is 0 Å². The van der Waals surface area contributed by atoms with Crippen LogP contribution >= 0.6 is 0 Å². The second-order valence-electron chi connectivity index (χ2n) is 5.72. The molecule has 0 N–H and O–H groups in total. The smallest absolute Gasteiger partial charge is 0.337 e. The molecule has 3 aromatic carbocycles. The quantitative estimate of drug-likeness (QED) is 0.648. The summed E-state index contributed by atoms with van der Waals surface area (Å²) in [6, 6.07) is 22.7. The predicted octanol–water partition coefficient (Wildman–Crippen LogP) is 4.59. The standard InChI is InChI=1S/C22H18O4/c1-25-21(23)19-11-7-17(8-12-19)15-3-5-16(6-4-15)18-9-13-20(14-10-18)22(24)26-2/h3-14H,1-2H3. The lowest BCUT2D eigenvalue weighted by Crippen LogP contribution is -2.00. The SMILES string of the molecule is COC(=O)c1ccc(-c2ccc(-c3ccc(C(=O)OC)cc3)cc2)cc1. The predicted molar refractivity (Wildman–Crippen MR) is 100.0 cm³/mol. The molecule has 0 heterocycles. The van der Waals surface area contributed by atoms with E-state index in [1.165, 1.54) is 14.2 Å². The highest BCUT2D eigenvalue weighted by atomic mass is 16.5. The number of rotatable bonds is 4. The molecule has 4 heteroatoms. The molecule has 130 valence electrons. The maximum atomic E-state index is 11.5. The minimum absolute atomic E-state index is 0.345. The molecule has 0 saturated heterocycles. The number of carbonyl (C=O) groups is 2. The van der Waals surface area contributed by atoms with E-state index in [1.807, 2.05) is 48.5 Å². The lowest BCUT2D eigenvalue weighted by Gasteiger charge is -2.07. The molecule has 0 atom stereocenters. The fourth-order valence-corrected chi connectivity index (χ4v) is 2.69. The third-order valence-electron chi connectivity index (χ3n) is 4.16. The zero-order valence-corrected chi connectivity index (χ0v) is 14.6. The maximum absolute atomic E-state index is 11.5. The van der Waals surface area contributed by atoms with Crippen LogP contribution in [0.3, 0.4) is 0 Å². The van der Waals surface area contributed by atoms with Gasteiger partial charge in [0.2, 0.25) is 0 Å². The van der Waals surface area contributed by atoms with Crippen molar-refractivity contribution in [3.8, 4) is 22.3 Å². The topological polar surface area (TPSA) is 52.6 Å². The molecule has 0 aromatic heterocycles. The summed E-state index contributed by atoms with van der Waals surface area (Å²) in [6.45, 7) is 0. The van der Waals surface area contributed by atoms with Crippen molar-refractivity contribution >= 4 is 11.9 Å². The second kappa shape index (κ2) is 7.66. The fourth-order valence-electron chi connectivity index (χ4n) is 2.69. The highest BCUT2D eigenvalue weighted by Crippen LogP contribution is 2.25. The van der Waals surface area contributed by atoms with E-state index in [1.54, 1.807) is 24.3 Å². The zero-order chi connectivity index (χ0) is 18.5. The summed E-state index contributed by atoms with van der Waals surface area (Å²) < 4.78 is 9.42. The van der Waals surface area contributed by atoms with E-state index in [0.717, 1.165) is 22.3 Å². The molecule has 26 heavy (non-hydrogen) atoms. The van der Waals surface area contributed by atoms with Crippen molar-refractivity contribution in [2.75, 3.05) is 14.2 Å². The number of benzene rings is 3. The molecule has 3 rings (SSSR count). The molecule has 0 amide bonds. The van der Waals surface area contributed by atoms with Gasteiger partial charge in [0.25, 0.3) is 0 Å². The summed E-state index contributed by atoms with van der Waals surface area (Å²) >= 11 is 0. The number of esters is 2.